The van der Waals surface area contributed by atoms with Crippen LogP contribution in [-0.2, 0) is 11.2 Å². The van der Waals surface area contributed by atoms with Crippen LogP contribution < -0.4 is 0 Å². The number of hydrogen-bond donors (Lipinski definition) is 0. The lowest BCUT2D eigenvalue weighted by molar-refractivity contribution is 0.0566. The quantitative estimate of drug-likeness (QED) is 0.287. The second-order valence-electron chi connectivity index (χ2n) is 7.16. The van der Waals surface area contributed by atoms with E-state index in [0.717, 1.165) is 25.9 Å². The summed E-state index contributed by atoms with van der Waals surface area (Å²) in [5, 5.41) is 2.60. The third kappa shape index (κ3) is 7.17. The van der Waals surface area contributed by atoms with Crippen molar-refractivity contribution in [2.24, 2.45) is 0 Å². The zero-order valence-corrected chi connectivity index (χ0v) is 16.5. The Bertz CT molecular complexity index is 698. The lowest BCUT2D eigenvalue weighted by atomic mass is 10.0. The predicted octanol–water partition coefficient (Wildman–Crippen LogP) is 7.35. The molecule has 1 nitrogen and oxygen atoms in total. The second-order valence-corrected chi connectivity index (χ2v) is 7.16. The molecule has 1 atom stereocenters. The highest BCUT2D eigenvalue weighted by atomic mass is 16.5. The molecule has 1 heteroatoms. The zero-order chi connectivity index (χ0) is 18.6. The molecule has 0 saturated carbocycles. The fourth-order valence-electron chi connectivity index (χ4n) is 3.17. The normalized spacial score (nSPS) is 12.7. The summed E-state index contributed by atoms with van der Waals surface area (Å²) in [5.41, 5.74) is 2.60. The van der Waals surface area contributed by atoms with Crippen molar-refractivity contribution in [1.82, 2.24) is 0 Å². The van der Waals surface area contributed by atoms with Crippen LogP contribution in [0.3, 0.4) is 0 Å². The number of benzene rings is 2. The zero-order valence-electron chi connectivity index (χ0n) is 16.5. The lowest BCUT2D eigenvalue weighted by Crippen LogP contribution is -2.08. The highest BCUT2D eigenvalue weighted by molar-refractivity contribution is 5.85. The van der Waals surface area contributed by atoms with Gasteiger partial charge in [0, 0.05) is 6.61 Å². The van der Waals surface area contributed by atoms with Gasteiger partial charge in [0.1, 0.15) is 0 Å². The number of fused-ring (bicyclic) bond motifs is 1. The minimum Gasteiger partial charge on any atom is -0.379 e. The topological polar surface area (TPSA) is 9.23 Å². The monoisotopic (exact) mass is 350 g/mol. The van der Waals surface area contributed by atoms with Gasteiger partial charge in [-0.25, -0.2) is 0 Å². The molecule has 0 radical (unpaired) electrons. The average Bonchev–Trinajstić information content (AvgIpc) is 2.65. The lowest BCUT2D eigenvalue weighted by Gasteiger charge is -2.12. The van der Waals surface area contributed by atoms with Crippen molar-refractivity contribution in [3.05, 3.63) is 66.3 Å². The highest BCUT2D eigenvalue weighted by Crippen LogP contribution is 2.19. The summed E-state index contributed by atoms with van der Waals surface area (Å²) in [7, 11) is 0. The van der Waals surface area contributed by atoms with Gasteiger partial charge in [-0.3, -0.25) is 0 Å². The summed E-state index contributed by atoms with van der Waals surface area (Å²) < 4.78 is 5.85. The van der Waals surface area contributed by atoms with Crippen LogP contribution in [0.5, 0.6) is 0 Å². The first-order valence-electron chi connectivity index (χ1n) is 10.1. The van der Waals surface area contributed by atoms with Crippen molar-refractivity contribution in [3.8, 4) is 0 Å². The van der Waals surface area contributed by atoms with Crippen molar-refractivity contribution in [3.63, 3.8) is 0 Å². The fraction of sp³-hybridized carbons (Fsp3) is 0.440. The largest absolute Gasteiger partial charge is 0.379 e. The van der Waals surface area contributed by atoms with Gasteiger partial charge in [-0.05, 0) is 67.0 Å². The molecule has 0 N–H and O–H groups in total. The van der Waals surface area contributed by atoms with Crippen LogP contribution in [0.4, 0.5) is 0 Å². The van der Waals surface area contributed by atoms with E-state index >= 15 is 0 Å². The van der Waals surface area contributed by atoms with E-state index in [1.165, 1.54) is 47.6 Å². The first kappa shape index (κ1) is 20.5. The van der Waals surface area contributed by atoms with Crippen LogP contribution in [0.25, 0.3) is 16.8 Å². The first-order chi connectivity index (χ1) is 12.7. The molecule has 2 aromatic rings. The molecule has 26 heavy (non-hydrogen) atoms. The van der Waals surface area contributed by atoms with Gasteiger partial charge in [0.15, 0.2) is 0 Å². The minimum atomic E-state index is 0.380. The number of ether oxygens (including phenoxy) is 1. The second kappa shape index (κ2) is 11.7. The van der Waals surface area contributed by atoms with Crippen molar-refractivity contribution in [2.75, 3.05) is 6.61 Å². The number of allylic oxidation sites excluding steroid dienone is 2. The molecule has 0 bridgehead atoms. The molecule has 0 saturated heterocycles. The molecule has 0 aliphatic carbocycles. The number of unbranched alkanes of at least 4 members (excludes halogenated alkanes) is 3. The SMILES string of the molecule is C=CCc1ccc2cc(/C=C/CCCC(C)OCCCCC)ccc2c1. The van der Waals surface area contributed by atoms with E-state index in [2.05, 4.69) is 69.0 Å². The fourth-order valence-corrected chi connectivity index (χ4v) is 3.17. The molecule has 0 aliphatic heterocycles. The summed E-state index contributed by atoms with van der Waals surface area (Å²) >= 11 is 0. The van der Waals surface area contributed by atoms with Crippen LogP contribution in [0.15, 0.2) is 55.1 Å². The Hall–Kier alpha value is -1.86. The Morgan fingerprint density at radius 1 is 1.04 bits per heavy atom. The maximum Gasteiger partial charge on any atom is 0.0547 e. The third-order valence-corrected chi connectivity index (χ3v) is 4.75. The van der Waals surface area contributed by atoms with Gasteiger partial charge in [-0.15, -0.1) is 6.58 Å². The van der Waals surface area contributed by atoms with E-state index in [-0.39, 0.29) is 0 Å². The predicted molar refractivity (Wildman–Crippen MR) is 116 cm³/mol. The first-order valence-corrected chi connectivity index (χ1v) is 10.1. The standard InChI is InChI=1S/C25H34O/c1-4-6-10-18-26-21(3)12-8-7-9-13-23-15-17-24-19-22(11-5-2)14-16-25(24)20-23/h5,9,13-17,19-21H,2,4,6-8,10-12,18H2,1,3H3/b13-9+. The average molecular weight is 351 g/mol. The summed E-state index contributed by atoms with van der Waals surface area (Å²) in [6.45, 7) is 9.15. The van der Waals surface area contributed by atoms with Gasteiger partial charge < -0.3 is 4.74 Å². The van der Waals surface area contributed by atoms with Gasteiger partial charge >= 0.3 is 0 Å². The summed E-state index contributed by atoms with van der Waals surface area (Å²) in [5.74, 6) is 0. The minimum absolute atomic E-state index is 0.380. The Morgan fingerprint density at radius 2 is 1.85 bits per heavy atom. The number of rotatable bonds is 12. The van der Waals surface area contributed by atoms with Crippen LogP contribution in [0, 0.1) is 0 Å². The molecule has 1 unspecified atom stereocenters. The van der Waals surface area contributed by atoms with Gasteiger partial charge in [0.05, 0.1) is 6.10 Å². The Morgan fingerprint density at radius 3 is 2.65 bits per heavy atom. The third-order valence-electron chi connectivity index (χ3n) is 4.75. The van der Waals surface area contributed by atoms with Crippen molar-refractivity contribution in [1.29, 1.82) is 0 Å². The molecule has 2 rings (SSSR count). The van der Waals surface area contributed by atoms with Crippen LogP contribution in [0.1, 0.15) is 63.5 Å². The van der Waals surface area contributed by atoms with Crippen LogP contribution in [0.2, 0.25) is 0 Å². The van der Waals surface area contributed by atoms with Crippen molar-refractivity contribution < 1.29 is 4.74 Å². The molecular weight excluding hydrogens is 316 g/mol. The Balaban J connectivity index is 1.75. The number of hydrogen-bond acceptors (Lipinski definition) is 1. The molecule has 2 aromatic carbocycles. The molecule has 0 aliphatic rings. The molecular formula is C25H34O. The molecule has 0 spiro atoms. The van der Waals surface area contributed by atoms with Gasteiger partial charge in [-0.1, -0.05) is 68.3 Å². The van der Waals surface area contributed by atoms with E-state index in [1.807, 2.05) is 6.08 Å². The van der Waals surface area contributed by atoms with Crippen molar-refractivity contribution >= 4 is 16.8 Å². The smallest absolute Gasteiger partial charge is 0.0547 e. The molecule has 0 amide bonds. The summed E-state index contributed by atoms with van der Waals surface area (Å²) in [4.78, 5) is 0. The van der Waals surface area contributed by atoms with E-state index in [4.69, 9.17) is 4.74 Å². The summed E-state index contributed by atoms with van der Waals surface area (Å²) in [6, 6.07) is 13.3. The van der Waals surface area contributed by atoms with E-state index in [0.29, 0.717) is 6.10 Å². The highest BCUT2D eigenvalue weighted by Gasteiger charge is 2.01. The summed E-state index contributed by atoms with van der Waals surface area (Å²) in [6.07, 6.45) is 14.9. The van der Waals surface area contributed by atoms with Gasteiger partial charge in [0.2, 0.25) is 0 Å². The van der Waals surface area contributed by atoms with Gasteiger partial charge in [0.25, 0.3) is 0 Å². The van der Waals surface area contributed by atoms with E-state index in [1.54, 1.807) is 0 Å². The Labute approximate surface area is 159 Å². The van der Waals surface area contributed by atoms with E-state index < -0.39 is 0 Å². The Kier molecular flexibility index (Phi) is 9.20. The molecule has 140 valence electrons. The maximum absolute atomic E-state index is 5.85. The molecule has 0 heterocycles. The maximum atomic E-state index is 5.85. The van der Waals surface area contributed by atoms with Crippen LogP contribution >= 0.6 is 0 Å². The van der Waals surface area contributed by atoms with Gasteiger partial charge in [-0.2, -0.15) is 0 Å². The molecule has 0 aromatic heterocycles. The van der Waals surface area contributed by atoms with Crippen molar-refractivity contribution in [2.45, 2.75) is 64.9 Å². The van der Waals surface area contributed by atoms with Crippen LogP contribution in [-0.4, -0.2) is 12.7 Å². The van der Waals surface area contributed by atoms with E-state index in [9.17, 15) is 0 Å². The molecule has 0 fully saturated rings.